The molecule has 0 radical (unpaired) electrons. The number of hydrogen-bond donors (Lipinski definition) is 2. The number of carbonyl (C=O) groups is 2. The van der Waals surface area contributed by atoms with Crippen molar-refractivity contribution in [1.29, 1.82) is 0 Å². The first-order chi connectivity index (χ1) is 15.1. The number of amides is 2. The van der Waals surface area contributed by atoms with Gasteiger partial charge in [0.1, 0.15) is 12.0 Å². The van der Waals surface area contributed by atoms with E-state index in [-0.39, 0.29) is 17.8 Å². The molecule has 1 aliphatic rings. The fraction of sp³-hybridized carbons (Fsp3) is 0.227. The van der Waals surface area contributed by atoms with Crippen molar-refractivity contribution in [1.82, 2.24) is 29.9 Å². The van der Waals surface area contributed by atoms with Crippen molar-refractivity contribution in [2.45, 2.75) is 18.9 Å². The Bertz CT molecular complexity index is 1280. The van der Waals surface area contributed by atoms with Gasteiger partial charge in [-0.1, -0.05) is 36.4 Å². The lowest BCUT2D eigenvalue weighted by atomic mass is 10.0. The third kappa shape index (κ3) is 3.65. The van der Waals surface area contributed by atoms with Crippen LogP contribution >= 0.6 is 0 Å². The summed E-state index contributed by atoms with van der Waals surface area (Å²) >= 11 is 0. The number of primary amides is 1. The number of H-pyrrole nitrogens is 1. The van der Waals surface area contributed by atoms with Crippen LogP contribution in [-0.4, -0.2) is 54.8 Å². The predicted octanol–water partition coefficient (Wildman–Crippen LogP) is 2.40. The first kappa shape index (κ1) is 19.0. The van der Waals surface area contributed by atoms with Gasteiger partial charge in [-0.2, -0.15) is 5.10 Å². The molecule has 0 saturated carbocycles. The van der Waals surface area contributed by atoms with Crippen LogP contribution in [0.25, 0.3) is 22.0 Å². The maximum absolute atomic E-state index is 13.1. The number of nitrogens with zero attached hydrogens (tertiary/aromatic N) is 5. The fourth-order valence-corrected chi connectivity index (χ4v) is 4.02. The molecule has 9 nitrogen and oxygen atoms in total. The Morgan fingerprint density at radius 2 is 1.94 bits per heavy atom. The second kappa shape index (κ2) is 7.67. The Hall–Kier alpha value is -4.01. The molecule has 2 aromatic carbocycles. The van der Waals surface area contributed by atoms with Gasteiger partial charge in [0.05, 0.1) is 11.7 Å². The zero-order chi connectivity index (χ0) is 21.4. The number of carbonyl (C=O) groups excluding carboxylic acids is 2. The van der Waals surface area contributed by atoms with Crippen LogP contribution in [-0.2, 0) is 0 Å². The van der Waals surface area contributed by atoms with Gasteiger partial charge in [-0.25, -0.2) is 9.67 Å². The third-order valence-corrected chi connectivity index (χ3v) is 5.64. The lowest BCUT2D eigenvalue weighted by molar-refractivity contribution is 0.0665. The van der Waals surface area contributed by atoms with Gasteiger partial charge in [0.15, 0.2) is 0 Å². The molecule has 0 spiro atoms. The first-order valence-corrected chi connectivity index (χ1v) is 10.1. The molecule has 31 heavy (non-hydrogen) atoms. The lowest BCUT2D eigenvalue weighted by Crippen LogP contribution is -2.41. The summed E-state index contributed by atoms with van der Waals surface area (Å²) in [5, 5.41) is 13.7. The molecule has 9 heteroatoms. The van der Waals surface area contributed by atoms with Gasteiger partial charge in [-0.3, -0.25) is 14.7 Å². The molecular formula is C22H21N7O2. The number of nitrogens with two attached hydrogens (primary N) is 1. The van der Waals surface area contributed by atoms with E-state index in [1.807, 2.05) is 18.2 Å². The molecule has 0 bridgehead atoms. The number of fused-ring (bicyclic) bond motifs is 1. The van der Waals surface area contributed by atoms with Crippen molar-refractivity contribution in [3.05, 3.63) is 66.4 Å². The van der Waals surface area contributed by atoms with E-state index in [0.29, 0.717) is 18.8 Å². The number of hydrogen-bond acceptors (Lipinski definition) is 5. The Morgan fingerprint density at radius 1 is 1.10 bits per heavy atom. The van der Waals surface area contributed by atoms with E-state index in [0.717, 1.165) is 34.9 Å². The van der Waals surface area contributed by atoms with E-state index in [4.69, 9.17) is 5.73 Å². The minimum atomic E-state index is -0.666. The van der Waals surface area contributed by atoms with Crippen LogP contribution in [0.1, 0.15) is 40.0 Å². The SMILES string of the molecule is NC(=O)c1ncn(C2CCCN(C(=O)c3cc(-c4ccc5ccccc5c4)n[nH]3)C2)n1. The average Bonchev–Trinajstić information content (AvgIpc) is 3.49. The molecule has 3 N–H and O–H groups in total. The lowest BCUT2D eigenvalue weighted by Gasteiger charge is -2.32. The summed E-state index contributed by atoms with van der Waals surface area (Å²) in [4.78, 5) is 30.0. The average molecular weight is 415 g/mol. The maximum atomic E-state index is 13.1. The van der Waals surface area contributed by atoms with Gasteiger partial charge >= 0.3 is 0 Å². The molecule has 4 aromatic rings. The molecular weight excluding hydrogens is 394 g/mol. The fourth-order valence-electron chi connectivity index (χ4n) is 4.02. The molecule has 0 aliphatic carbocycles. The summed E-state index contributed by atoms with van der Waals surface area (Å²) in [6.45, 7) is 1.13. The van der Waals surface area contributed by atoms with Crippen molar-refractivity contribution >= 4 is 22.6 Å². The summed E-state index contributed by atoms with van der Waals surface area (Å²) < 4.78 is 1.62. The summed E-state index contributed by atoms with van der Waals surface area (Å²) in [6.07, 6.45) is 3.16. The van der Waals surface area contributed by atoms with E-state index in [1.54, 1.807) is 15.6 Å². The van der Waals surface area contributed by atoms with Crippen LogP contribution in [0, 0.1) is 0 Å². The minimum absolute atomic E-state index is 0.0166. The second-order valence-corrected chi connectivity index (χ2v) is 7.69. The second-order valence-electron chi connectivity index (χ2n) is 7.69. The Morgan fingerprint density at radius 3 is 2.74 bits per heavy atom. The van der Waals surface area contributed by atoms with E-state index >= 15 is 0 Å². The van der Waals surface area contributed by atoms with E-state index < -0.39 is 5.91 Å². The molecule has 1 unspecified atom stereocenters. The highest BCUT2D eigenvalue weighted by Crippen LogP contribution is 2.25. The zero-order valence-corrected chi connectivity index (χ0v) is 16.7. The summed E-state index contributed by atoms with van der Waals surface area (Å²) in [5.41, 5.74) is 7.36. The molecule has 5 rings (SSSR count). The van der Waals surface area contributed by atoms with Gasteiger partial charge in [0.2, 0.25) is 5.82 Å². The molecule has 1 fully saturated rings. The normalized spacial score (nSPS) is 16.5. The smallest absolute Gasteiger partial charge is 0.288 e. The predicted molar refractivity (Wildman–Crippen MR) is 114 cm³/mol. The van der Waals surface area contributed by atoms with Crippen molar-refractivity contribution in [3.63, 3.8) is 0 Å². The largest absolute Gasteiger partial charge is 0.363 e. The van der Waals surface area contributed by atoms with Crippen LogP contribution in [0.5, 0.6) is 0 Å². The van der Waals surface area contributed by atoms with Crippen molar-refractivity contribution in [2.75, 3.05) is 13.1 Å². The third-order valence-electron chi connectivity index (χ3n) is 5.64. The van der Waals surface area contributed by atoms with E-state index in [2.05, 4.69) is 44.5 Å². The monoisotopic (exact) mass is 415 g/mol. The number of nitrogens with one attached hydrogen (secondary N) is 1. The molecule has 156 valence electrons. The van der Waals surface area contributed by atoms with Crippen molar-refractivity contribution in [2.24, 2.45) is 5.73 Å². The summed E-state index contributed by atoms with van der Waals surface area (Å²) in [6, 6.07) is 16.0. The van der Waals surface area contributed by atoms with Crippen LogP contribution in [0.2, 0.25) is 0 Å². The van der Waals surface area contributed by atoms with Gasteiger partial charge in [0.25, 0.3) is 11.8 Å². The Balaban J connectivity index is 1.33. The first-order valence-electron chi connectivity index (χ1n) is 10.1. The molecule has 1 saturated heterocycles. The number of aromatic nitrogens is 5. The van der Waals surface area contributed by atoms with Crippen LogP contribution in [0.15, 0.2) is 54.9 Å². The van der Waals surface area contributed by atoms with Crippen molar-refractivity contribution in [3.8, 4) is 11.3 Å². The topological polar surface area (TPSA) is 123 Å². The van der Waals surface area contributed by atoms with E-state index in [9.17, 15) is 9.59 Å². The summed E-state index contributed by atoms with van der Waals surface area (Å²) in [7, 11) is 0. The number of benzene rings is 2. The highest BCUT2D eigenvalue weighted by Gasteiger charge is 2.27. The molecule has 1 atom stereocenters. The van der Waals surface area contributed by atoms with Gasteiger partial charge < -0.3 is 10.6 Å². The number of aromatic amines is 1. The van der Waals surface area contributed by atoms with Crippen LogP contribution in [0.3, 0.4) is 0 Å². The molecule has 3 heterocycles. The molecule has 1 aliphatic heterocycles. The van der Waals surface area contributed by atoms with Crippen LogP contribution < -0.4 is 5.73 Å². The highest BCUT2D eigenvalue weighted by atomic mass is 16.2. The minimum Gasteiger partial charge on any atom is -0.363 e. The number of piperidine rings is 1. The Labute approximate surface area is 177 Å². The quantitative estimate of drug-likeness (QED) is 0.530. The standard InChI is InChI=1S/C22H21N7O2/c23-20(30)21-24-13-29(27-21)17-6-3-9-28(12-17)22(31)19-11-18(25-26-19)16-8-7-14-4-1-2-5-15(14)10-16/h1-2,4-5,7-8,10-11,13,17H,3,6,9,12H2,(H2,23,30)(H,25,26). The zero-order valence-electron chi connectivity index (χ0n) is 16.7. The van der Waals surface area contributed by atoms with Crippen LogP contribution in [0.4, 0.5) is 0 Å². The summed E-state index contributed by atoms with van der Waals surface area (Å²) in [5.74, 6) is -0.794. The maximum Gasteiger partial charge on any atom is 0.288 e. The highest BCUT2D eigenvalue weighted by molar-refractivity contribution is 5.94. The molecule has 2 aromatic heterocycles. The van der Waals surface area contributed by atoms with E-state index in [1.165, 1.54) is 6.33 Å². The number of rotatable bonds is 4. The van der Waals surface area contributed by atoms with Gasteiger partial charge in [0, 0.05) is 18.7 Å². The molecule has 2 amide bonds. The van der Waals surface area contributed by atoms with Gasteiger partial charge in [-0.05, 0) is 35.7 Å². The van der Waals surface area contributed by atoms with Gasteiger partial charge in [-0.15, -0.1) is 5.10 Å². The van der Waals surface area contributed by atoms with Crippen molar-refractivity contribution < 1.29 is 9.59 Å². The Kier molecular flexibility index (Phi) is 4.70. The number of likely N-dealkylation sites (tertiary alicyclic amines) is 1.